The summed E-state index contributed by atoms with van der Waals surface area (Å²) in [5, 5.41) is 4.06. The Balaban J connectivity index is 2.59. The summed E-state index contributed by atoms with van der Waals surface area (Å²) in [6.07, 6.45) is 0. The number of ether oxygens (including phenoxy) is 1. The summed E-state index contributed by atoms with van der Waals surface area (Å²) >= 11 is 9.38. The van der Waals surface area contributed by atoms with Crippen LogP contribution in [-0.4, -0.2) is 19.3 Å². The molecule has 1 aromatic rings. The second-order valence-electron chi connectivity index (χ2n) is 3.33. The third-order valence-electron chi connectivity index (χ3n) is 1.90. The quantitative estimate of drug-likeness (QED) is 0.887. The molecule has 0 radical (unpaired) electrons. The van der Waals surface area contributed by atoms with E-state index in [1.54, 1.807) is 0 Å². The first-order valence-corrected chi connectivity index (χ1v) is 6.10. The molecule has 2 nitrogen and oxygen atoms in total. The number of hydrogen-bond donors (Lipinski definition) is 1. The van der Waals surface area contributed by atoms with Crippen LogP contribution in [0, 0.1) is 0 Å². The highest BCUT2D eigenvalue weighted by molar-refractivity contribution is 9.10. The van der Waals surface area contributed by atoms with Gasteiger partial charge in [-0.2, -0.15) is 0 Å². The zero-order chi connectivity index (χ0) is 11.3. The molecule has 0 aliphatic carbocycles. The van der Waals surface area contributed by atoms with E-state index in [0.717, 1.165) is 21.8 Å². The molecule has 1 unspecified atom stereocenters. The second-order valence-corrected chi connectivity index (χ2v) is 4.62. The van der Waals surface area contributed by atoms with Gasteiger partial charge in [0.25, 0.3) is 0 Å². The number of nitrogens with one attached hydrogen (secondary N) is 1. The van der Waals surface area contributed by atoms with Crippen LogP contribution in [0.4, 0.5) is 5.69 Å². The average molecular weight is 293 g/mol. The van der Waals surface area contributed by atoms with Gasteiger partial charge in [-0.1, -0.05) is 11.6 Å². The van der Waals surface area contributed by atoms with Gasteiger partial charge < -0.3 is 10.1 Å². The fourth-order valence-corrected chi connectivity index (χ4v) is 1.74. The van der Waals surface area contributed by atoms with E-state index in [1.165, 1.54) is 0 Å². The van der Waals surface area contributed by atoms with Crippen molar-refractivity contribution in [3.8, 4) is 0 Å². The monoisotopic (exact) mass is 291 g/mol. The van der Waals surface area contributed by atoms with E-state index >= 15 is 0 Å². The van der Waals surface area contributed by atoms with Gasteiger partial charge in [-0.15, -0.1) is 0 Å². The molecule has 0 heterocycles. The van der Waals surface area contributed by atoms with Crippen molar-refractivity contribution < 1.29 is 4.74 Å². The van der Waals surface area contributed by atoms with Crippen LogP contribution in [0.25, 0.3) is 0 Å². The van der Waals surface area contributed by atoms with Crippen LogP contribution < -0.4 is 5.32 Å². The van der Waals surface area contributed by atoms with Crippen molar-refractivity contribution in [2.75, 3.05) is 18.5 Å². The van der Waals surface area contributed by atoms with Crippen LogP contribution in [0.5, 0.6) is 0 Å². The average Bonchev–Trinajstić information content (AvgIpc) is 2.20. The molecule has 0 bridgehead atoms. The summed E-state index contributed by atoms with van der Waals surface area (Å²) in [6, 6.07) is 5.94. The lowest BCUT2D eigenvalue weighted by Crippen LogP contribution is -2.21. The van der Waals surface area contributed by atoms with E-state index < -0.39 is 0 Å². The van der Waals surface area contributed by atoms with E-state index in [9.17, 15) is 0 Å². The summed E-state index contributed by atoms with van der Waals surface area (Å²) in [4.78, 5) is 0. The standard InChI is InChI=1S/C11H15BrClNO/c1-3-15-7-8(2)14-11-6-9(13)4-5-10(11)12/h4-6,8,14H,3,7H2,1-2H3. The van der Waals surface area contributed by atoms with Crippen molar-refractivity contribution >= 4 is 33.2 Å². The van der Waals surface area contributed by atoms with Crippen molar-refractivity contribution in [3.05, 3.63) is 27.7 Å². The van der Waals surface area contributed by atoms with Gasteiger partial charge >= 0.3 is 0 Å². The maximum Gasteiger partial charge on any atom is 0.0664 e. The number of hydrogen-bond acceptors (Lipinski definition) is 2. The van der Waals surface area contributed by atoms with Gasteiger partial charge in [-0.25, -0.2) is 0 Å². The third-order valence-corrected chi connectivity index (χ3v) is 2.83. The van der Waals surface area contributed by atoms with E-state index in [1.807, 2.05) is 25.1 Å². The molecule has 0 spiro atoms. The molecule has 0 saturated heterocycles. The Morgan fingerprint density at radius 2 is 2.27 bits per heavy atom. The van der Waals surface area contributed by atoms with Gasteiger partial charge in [0.15, 0.2) is 0 Å². The summed E-state index contributed by atoms with van der Waals surface area (Å²) in [6.45, 7) is 5.49. The van der Waals surface area contributed by atoms with Crippen LogP contribution in [0.1, 0.15) is 13.8 Å². The molecular formula is C11H15BrClNO. The van der Waals surface area contributed by atoms with E-state index in [-0.39, 0.29) is 6.04 Å². The molecule has 84 valence electrons. The van der Waals surface area contributed by atoms with Gasteiger partial charge in [0.05, 0.1) is 12.3 Å². The summed E-state index contributed by atoms with van der Waals surface area (Å²) in [7, 11) is 0. The lowest BCUT2D eigenvalue weighted by atomic mass is 10.3. The Hall–Kier alpha value is -0.250. The Morgan fingerprint density at radius 1 is 1.53 bits per heavy atom. The molecule has 0 amide bonds. The molecule has 1 N–H and O–H groups in total. The fourth-order valence-electron chi connectivity index (χ4n) is 1.21. The largest absolute Gasteiger partial charge is 0.380 e. The smallest absolute Gasteiger partial charge is 0.0664 e. The molecule has 1 atom stereocenters. The maximum atomic E-state index is 5.91. The van der Waals surface area contributed by atoms with Gasteiger partial charge in [-0.3, -0.25) is 0 Å². The third kappa shape index (κ3) is 4.41. The molecule has 4 heteroatoms. The maximum absolute atomic E-state index is 5.91. The van der Waals surface area contributed by atoms with Crippen molar-refractivity contribution in [2.24, 2.45) is 0 Å². The number of rotatable bonds is 5. The van der Waals surface area contributed by atoms with E-state index in [0.29, 0.717) is 6.61 Å². The summed E-state index contributed by atoms with van der Waals surface area (Å²) in [5.74, 6) is 0. The molecule has 15 heavy (non-hydrogen) atoms. The van der Waals surface area contributed by atoms with Crippen LogP contribution in [0.2, 0.25) is 5.02 Å². The van der Waals surface area contributed by atoms with Crippen LogP contribution in [0.15, 0.2) is 22.7 Å². The lowest BCUT2D eigenvalue weighted by molar-refractivity contribution is 0.141. The van der Waals surface area contributed by atoms with Crippen molar-refractivity contribution in [2.45, 2.75) is 19.9 Å². The topological polar surface area (TPSA) is 21.3 Å². The summed E-state index contributed by atoms with van der Waals surface area (Å²) in [5.41, 5.74) is 0.995. The van der Waals surface area contributed by atoms with E-state index in [2.05, 4.69) is 28.2 Å². The molecule has 0 aromatic heterocycles. The molecular weight excluding hydrogens is 277 g/mol. The zero-order valence-electron chi connectivity index (χ0n) is 8.89. The fraction of sp³-hybridized carbons (Fsp3) is 0.455. The van der Waals surface area contributed by atoms with Crippen molar-refractivity contribution in [3.63, 3.8) is 0 Å². The van der Waals surface area contributed by atoms with Crippen LogP contribution in [-0.2, 0) is 4.74 Å². The normalized spacial score (nSPS) is 12.5. The highest BCUT2D eigenvalue weighted by Crippen LogP contribution is 2.26. The number of benzene rings is 1. The Kier molecular flexibility index (Phi) is 5.43. The number of halogens is 2. The predicted molar refractivity (Wildman–Crippen MR) is 68.7 cm³/mol. The second kappa shape index (κ2) is 6.36. The molecule has 0 aliphatic heterocycles. The first-order valence-electron chi connectivity index (χ1n) is 4.92. The Labute approximate surface area is 104 Å². The van der Waals surface area contributed by atoms with Gasteiger partial charge in [0, 0.05) is 22.1 Å². The molecule has 0 fully saturated rings. The van der Waals surface area contributed by atoms with Gasteiger partial charge in [0.2, 0.25) is 0 Å². The number of anilines is 1. The van der Waals surface area contributed by atoms with Gasteiger partial charge in [0.1, 0.15) is 0 Å². The predicted octanol–water partition coefficient (Wildman–Crippen LogP) is 3.94. The molecule has 1 aromatic carbocycles. The SMILES string of the molecule is CCOCC(C)Nc1cc(Cl)ccc1Br. The first-order chi connectivity index (χ1) is 7.13. The summed E-state index contributed by atoms with van der Waals surface area (Å²) < 4.78 is 6.34. The van der Waals surface area contributed by atoms with Crippen molar-refractivity contribution in [1.29, 1.82) is 0 Å². The van der Waals surface area contributed by atoms with Crippen LogP contribution >= 0.6 is 27.5 Å². The zero-order valence-corrected chi connectivity index (χ0v) is 11.2. The van der Waals surface area contributed by atoms with Crippen molar-refractivity contribution in [1.82, 2.24) is 0 Å². The first kappa shape index (κ1) is 12.8. The van der Waals surface area contributed by atoms with Gasteiger partial charge in [-0.05, 0) is 48.0 Å². The minimum atomic E-state index is 0.264. The molecule has 0 aliphatic rings. The molecule has 0 saturated carbocycles. The van der Waals surface area contributed by atoms with E-state index in [4.69, 9.17) is 16.3 Å². The minimum Gasteiger partial charge on any atom is -0.380 e. The van der Waals surface area contributed by atoms with Crippen LogP contribution in [0.3, 0.4) is 0 Å². The molecule has 1 rings (SSSR count). The lowest BCUT2D eigenvalue weighted by Gasteiger charge is -2.16. The highest BCUT2D eigenvalue weighted by atomic mass is 79.9. The highest BCUT2D eigenvalue weighted by Gasteiger charge is 2.05. The Morgan fingerprint density at radius 3 is 2.93 bits per heavy atom. The Bertz CT molecular complexity index is 319. The minimum absolute atomic E-state index is 0.264.